The summed E-state index contributed by atoms with van der Waals surface area (Å²) >= 11 is 0. The van der Waals surface area contributed by atoms with Gasteiger partial charge in [-0.2, -0.15) is 0 Å². The van der Waals surface area contributed by atoms with Crippen LogP contribution < -0.4 is 0 Å². The molecule has 3 rings (SSSR count). The highest BCUT2D eigenvalue weighted by Crippen LogP contribution is 2.46. The quantitative estimate of drug-likeness (QED) is 0.570. The first-order valence-corrected chi connectivity index (χ1v) is 10.8. The van der Waals surface area contributed by atoms with E-state index in [1.807, 2.05) is 79.7 Å². The van der Waals surface area contributed by atoms with Crippen LogP contribution in [0.25, 0.3) is 16.7 Å². The molecule has 1 aromatic carbocycles. The van der Waals surface area contributed by atoms with E-state index < -0.39 is 5.97 Å². The highest BCUT2D eigenvalue weighted by Gasteiger charge is 2.37. The van der Waals surface area contributed by atoms with Gasteiger partial charge in [0.2, 0.25) is 5.82 Å². The van der Waals surface area contributed by atoms with Crippen LogP contribution in [0, 0.1) is 11.3 Å². The molecule has 1 heterocycles. The molecule has 28 heavy (non-hydrogen) atoms. The Morgan fingerprint density at radius 1 is 1.04 bits per heavy atom. The average Bonchev–Trinajstić information content (AvgIpc) is 3.25. The second-order valence-corrected chi connectivity index (χ2v) is 6.01. The van der Waals surface area contributed by atoms with Crippen molar-refractivity contribution in [3.63, 3.8) is 0 Å². The molecule has 0 saturated carbocycles. The van der Waals surface area contributed by atoms with Gasteiger partial charge in [0.25, 0.3) is 0 Å². The van der Waals surface area contributed by atoms with Crippen molar-refractivity contribution in [1.82, 2.24) is 9.55 Å². The molecule has 0 radical (unpaired) electrons. The van der Waals surface area contributed by atoms with Crippen LogP contribution in [-0.2, 0) is 0 Å². The smallest absolute Gasteiger partial charge is 0.372 e. The van der Waals surface area contributed by atoms with Crippen LogP contribution in [0.1, 0.15) is 93.2 Å². The number of fused-ring (bicyclic) bond motifs is 1. The molecule has 0 saturated heterocycles. The van der Waals surface area contributed by atoms with Gasteiger partial charge in [0.05, 0.1) is 11.0 Å². The lowest BCUT2D eigenvalue weighted by molar-refractivity contribution is 0.0681. The van der Waals surface area contributed by atoms with Crippen LogP contribution in [0.3, 0.4) is 0 Å². The predicted octanol–water partition coefficient (Wildman–Crippen LogP) is 7.75. The normalized spacial score (nSPS) is 16.0. The van der Waals surface area contributed by atoms with Crippen LogP contribution in [-0.4, -0.2) is 20.6 Å². The van der Waals surface area contributed by atoms with Crippen LogP contribution >= 0.6 is 0 Å². The Hall–Kier alpha value is -2.10. The number of allylic oxidation sites excluding steroid dienone is 2. The number of aromatic carboxylic acids is 1. The third kappa shape index (κ3) is 5.95. The van der Waals surface area contributed by atoms with Gasteiger partial charge < -0.3 is 5.11 Å². The summed E-state index contributed by atoms with van der Waals surface area (Å²) in [7, 11) is 0. The molecule has 1 aliphatic carbocycles. The fourth-order valence-electron chi connectivity index (χ4n) is 2.89. The summed E-state index contributed by atoms with van der Waals surface area (Å²) in [5.74, 6) is -0.405. The van der Waals surface area contributed by atoms with E-state index in [0.29, 0.717) is 5.92 Å². The van der Waals surface area contributed by atoms with E-state index in [-0.39, 0.29) is 11.2 Å². The molecule has 4 nitrogen and oxygen atoms in total. The van der Waals surface area contributed by atoms with Crippen molar-refractivity contribution in [2.75, 3.05) is 0 Å². The van der Waals surface area contributed by atoms with Crippen LogP contribution in [0.5, 0.6) is 0 Å². The Bertz CT molecular complexity index is 727. The van der Waals surface area contributed by atoms with Gasteiger partial charge in [0, 0.05) is 11.1 Å². The molecular weight excluding hydrogens is 348 g/mol. The minimum Gasteiger partial charge on any atom is -0.475 e. The van der Waals surface area contributed by atoms with Crippen molar-refractivity contribution in [2.24, 2.45) is 11.3 Å². The molecule has 4 heteroatoms. The number of carbonyl (C=O) groups is 1. The lowest BCUT2D eigenvalue weighted by Gasteiger charge is -2.29. The minimum absolute atomic E-state index is 0.0618. The lowest BCUT2D eigenvalue weighted by Crippen LogP contribution is -2.23. The predicted molar refractivity (Wildman–Crippen MR) is 124 cm³/mol. The number of benzene rings is 1. The summed E-state index contributed by atoms with van der Waals surface area (Å²) in [6, 6.07) is 7.57. The number of carboxylic acid groups (broad SMARTS) is 1. The van der Waals surface area contributed by atoms with Crippen LogP contribution in [0.2, 0.25) is 0 Å². The van der Waals surface area contributed by atoms with Crippen molar-refractivity contribution >= 4 is 22.7 Å². The second-order valence-electron chi connectivity index (χ2n) is 6.01. The molecule has 0 fully saturated rings. The highest BCUT2D eigenvalue weighted by atomic mass is 16.4. The van der Waals surface area contributed by atoms with E-state index >= 15 is 0 Å². The molecule has 0 amide bonds. The van der Waals surface area contributed by atoms with Gasteiger partial charge in [-0.15, -0.1) is 0 Å². The maximum atomic E-state index is 11.5. The minimum atomic E-state index is -0.988. The first-order valence-electron chi connectivity index (χ1n) is 10.8. The molecule has 0 spiro atoms. The molecule has 1 aliphatic rings. The Kier molecular flexibility index (Phi) is 14.0. The van der Waals surface area contributed by atoms with Gasteiger partial charge in [-0.25, -0.2) is 9.78 Å². The Morgan fingerprint density at radius 3 is 1.96 bits per heavy atom. The molecule has 1 aromatic heterocycles. The van der Waals surface area contributed by atoms with E-state index in [2.05, 4.69) is 31.8 Å². The van der Waals surface area contributed by atoms with Gasteiger partial charge in [0.1, 0.15) is 0 Å². The summed E-state index contributed by atoms with van der Waals surface area (Å²) in [6.07, 6.45) is 3.11. The summed E-state index contributed by atoms with van der Waals surface area (Å²) in [4.78, 5) is 15.8. The van der Waals surface area contributed by atoms with Crippen molar-refractivity contribution in [3.8, 4) is 0 Å². The molecule has 1 atom stereocenters. The van der Waals surface area contributed by atoms with Gasteiger partial charge >= 0.3 is 5.97 Å². The second kappa shape index (κ2) is 14.0. The Morgan fingerprint density at radius 2 is 1.54 bits per heavy atom. The van der Waals surface area contributed by atoms with Crippen molar-refractivity contribution in [2.45, 2.75) is 82.6 Å². The first-order chi connectivity index (χ1) is 13.4. The molecule has 1 unspecified atom stereocenters. The van der Waals surface area contributed by atoms with Gasteiger partial charge in [0.15, 0.2) is 0 Å². The van der Waals surface area contributed by atoms with Crippen LogP contribution in [0.15, 0.2) is 30.3 Å². The third-order valence-corrected chi connectivity index (χ3v) is 4.55. The van der Waals surface area contributed by atoms with E-state index in [4.69, 9.17) is 0 Å². The van der Waals surface area contributed by atoms with Crippen molar-refractivity contribution in [1.29, 1.82) is 0 Å². The number of para-hydroxylation sites is 2. The van der Waals surface area contributed by atoms with E-state index in [1.165, 1.54) is 0 Å². The number of hydrogen-bond donors (Lipinski definition) is 1. The number of imidazole rings is 1. The SMILES string of the molecule is CC.CC.CC.CC.CC1CC=C(n2c(C(=O)O)nc3ccccc32)C1(C)C. The fourth-order valence-corrected chi connectivity index (χ4v) is 2.89. The lowest BCUT2D eigenvalue weighted by atomic mass is 9.81. The Labute approximate surface area is 172 Å². The van der Waals surface area contributed by atoms with Gasteiger partial charge in [-0.3, -0.25) is 4.57 Å². The summed E-state index contributed by atoms with van der Waals surface area (Å²) in [5.41, 5.74) is 2.56. The summed E-state index contributed by atoms with van der Waals surface area (Å²) in [6.45, 7) is 22.5. The fraction of sp³-hybridized carbons (Fsp3) is 0.583. The molecular formula is C24H42N2O2. The Balaban J connectivity index is 0. The standard InChI is InChI=1S/C16H18N2O2.4C2H6/c1-10-8-9-13(16(10,2)3)18-12-7-5-4-6-11(12)17-14(18)15(19)20;4*1-2/h4-7,9-10H,8H2,1-3H3,(H,19,20);4*1-2H3. The monoisotopic (exact) mass is 390 g/mol. The number of aromatic nitrogens is 2. The third-order valence-electron chi connectivity index (χ3n) is 4.55. The first kappa shape index (κ1) is 28.1. The summed E-state index contributed by atoms with van der Waals surface area (Å²) in [5, 5.41) is 9.45. The molecule has 1 N–H and O–H groups in total. The molecule has 0 aliphatic heterocycles. The van der Waals surface area contributed by atoms with E-state index in [0.717, 1.165) is 23.2 Å². The molecule has 160 valence electrons. The number of hydrogen-bond acceptors (Lipinski definition) is 2. The maximum absolute atomic E-state index is 11.5. The van der Waals surface area contributed by atoms with Gasteiger partial charge in [-0.1, -0.05) is 94.4 Å². The zero-order valence-corrected chi connectivity index (χ0v) is 19.9. The number of nitrogens with zero attached hydrogens (tertiary/aromatic N) is 2. The molecule has 0 bridgehead atoms. The maximum Gasteiger partial charge on any atom is 0.372 e. The van der Waals surface area contributed by atoms with Crippen molar-refractivity contribution < 1.29 is 9.90 Å². The van der Waals surface area contributed by atoms with Crippen LogP contribution in [0.4, 0.5) is 0 Å². The number of rotatable bonds is 2. The van der Waals surface area contributed by atoms with Crippen molar-refractivity contribution in [3.05, 3.63) is 36.2 Å². The average molecular weight is 391 g/mol. The van der Waals surface area contributed by atoms with Gasteiger partial charge in [-0.05, 0) is 24.5 Å². The highest BCUT2D eigenvalue weighted by molar-refractivity contribution is 5.93. The number of carboxylic acids is 1. The van der Waals surface area contributed by atoms with E-state index in [1.54, 1.807) is 4.57 Å². The molecule has 2 aromatic rings. The largest absolute Gasteiger partial charge is 0.475 e. The zero-order valence-electron chi connectivity index (χ0n) is 19.9. The topological polar surface area (TPSA) is 55.1 Å². The zero-order chi connectivity index (χ0) is 22.5. The summed E-state index contributed by atoms with van der Waals surface area (Å²) < 4.78 is 1.81. The van der Waals surface area contributed by atoms with E-state index in [9.17, 15) is 9.90 Å².